The maximum atomic E-state index is 7.32. The van der Waals surface area contributed by atoms with E-state index in [2.05, 4.69) is 90.2 Å². The number of nitriles is 1. The predicted molar refractivity (Wildman–Crippen MR) is 130 cm³/mol. The molecule has 0 amide bonds. The zero-order chi connectivity index (χ0) is 22.6. The Bertz CT molecular complexity index is 759. The molecule has 0 bridgehead atoms. The molecule has 0 heterocycles. The van der Waals surface area contributed by atoms with Gasteiger partial charge in [0.2, 0.25) is 0 Å². The molecule has 2 rings (SSSR count). The quantitative estimate of drug-likeness (QED) is 0.417. The van der Waals surface area contributed by atoms with Gasteiger partial charge in [-0.1, -0.05) is 54.2 Å². The molecule has 0 radical (unpaired) electrons. The first-order valence-corrected chi connectivity index (χ1v) is 11.3. The Morgan fingerprint density at radius 3 is 2.50 bits per heavy atom. The zero-order valence-electron chi connectivity index (χ0n) is 20.2. The van der Waals surface area contributed by atoms with E-state index in [-0.39, 0.29) is 5.60 Å². The summed E-state index contributed by atoms with van der Waals surface area (Å²) in [5.41, 5.74) is 5.86. The molecule has 0 fully saturated rings. The molecule has 2 aliphatic carbocycles. The van der Waals surface area contributed by atoms with Crippen molar-refractivity contribution in [2.75, 3.05) is 6.61 Å². The van der Waals surface area contributed by atoms with E-state index in [9.17, 15) is 0 Å². The topological polar surface area (TPSA) is 33.0 Å². The molecular weight excluding hydrogens is 366 g/mol. The summed E-state index contributed by atoms with van der Waals surface area (Å²) < 4.78 is 5.91. The molecule has 0 spiro atoms. The second-order valence-corrected chi connectivity index (χ2v) is 8.88. The highest BCUT2D eigenvalue weighted by atomic mass is 16.5. The van der Waals surface area contributed by atoms with Gasteiger partial charge in [-0.15, -0.1) is 0 Å². The second kappa shape index (κ2) is 13.2. The van der Waals surface area contributed by atoms with Crippen molar-refractivity contribution in [2.45, 2.75) is 79.8 Å². The molecule has 0 aromatic carbocycles. The highest BCUT2D eigenvalue weighted by molar-refractivity contribution is 5.44. The van der Waals surface area contributed by atoms with Crippen LogP contribution in [0.2, 0.25) is 0 Å². The Morgan fingerprint density at radius 1 is 1.27 bits per heavy atom. The van der Waals surface area contributed by atoms with Crippen LogP contribution in [0.3, 0.4) is 0 Å². The number of hydrogen-bond acceptors (Lipinski definition) is 2. The summed E-state index contributed by atoms with van der Waals surface area (Å²) >= 11 is 0. The summed E-state index contributed by atoms with van der Waals surface area (Å²) in [6.07, 6.45) is 23.2. The highest BCUT2D eigenvalue weighted by Gasteiger charge is 2.32. The minimum absolute atomic E-state index is 0.0978. The summed E-state index contributed by atoms with van der Waals surface area (Å²) in [7, 11) is 0. The first kappa shape index (κ1) is 25.9. The van der Waals surface area contributed by atoms with Crippen LogP contribution in [0, 0.1) is 23.2 Å². The number of rotatable bonds is 6. The normalized spacial score (nSPS) is 22.7. The van der Waals surface area contributed by atoms with Crippen LogP contribution in [0.5, 0.6) is 0 Å². The van der Waals surface area contributed by atoms with Gasteiger partial charge in [-0.25, -0.2) is 0 Å². The standard InChI is InChI=1S/C26H38O.C2H3N/c1-7-13-21(8-2)25-23(16-12-19-27-26(4,5)6)20(3)17-18-24(25)22-14-10-9-11-15-22;1-2-3/h7-8,10,12-16,24-25H,9,11,17-19H2,1-6H3;1H3/b13-7-,16-12-,21-8+;. The van der Waals surface area contributed by atoms with Gasteiger partial charge in [-0.2, -0.15) is 5.26 Å². The van der Waals surface area contributed by atoms with Crippen molar-refractivity contribution < 1.29 is 4.74 Å². The maximum absolute atomic E-state index is 7.32. The molecule has 0 aromatic rings. The molecule has 0 N–H and O–H groups in total. The van der Waals surface area contributed by atoms with Crippen LogP contribution in [-0.2, 0) is 4.74 Å². The van der Waals surface area contributed by atoms with E-state index in [1.807, 2.05) is 0 Å². The van der Waals surface area contributed by atoms with Crippen molar-refractivity contribution in [1.29, 1.82) is 5.26 Å². The monoisotopic (exact) mass is 407 g/mol. The van der Waals surface area contributed by atoms with Gasteiger partial charge in [0.25, 0.3) is 0 Å². The SMILES string of the molecule is C/C=C\C(=C/C)C1C(/C=C\COC(C)(C)C)=C(C)CCC1C1=CCCC=C1.CC#N. The lowest BCUT2D eigenvalue weighted by Crippen LogP contribution is -2.25. The molecule has 2 nitrogen and oxygen atoms in total. The van der Waals surface area contributed by atoms with E-state index in [1.165, 1.54) is 54.9 Å². The first-order chi connectivity index (χ1) is 14.3. The Balaban J connectivity index is 0.00000141. The van der Waals surface area contributed by atoms with Crippen LogP contribution < -0.4 is 0 Å². The van der Waals surface area contributed by atoms with Crippen molar-refractivity contribution in [2.24, 2.45) is 11.8 Å². The highest BCUT2D eigenvalue weighted by Crippen LogP contribution is 2.44. The summed E-state index contributed by atoms with van der Waals surface area (Å²) in [5, 5.41) is 7.32. The Hall–Kier alpha value is -2.11. The van der Waals surface area contributed by atoms with Gasteiger partial charge in [0.15, 0.2) is 0 Å². The lowest BCUT2D eigenvalue weighted by molar-refractivity contribution is 0.0149. The Kier molecular flexibility index (Phi) is 11.4. The third kappa shape index (κ3) is 8.33. The zero-order valence-corrected chi connectivity index (χ0v) is 20.2. The van der Waals surface area contributed by atoms with Crippen LogP contribution in [-0.4, -0.2) is 12.2 Å². The van der Waals surface area contributed by atoms with Gasteiger partial charge in [0, 0.05) is 12.8 Å². The molecule has 2 unspecified atom stereocenters. The molecule has 30 heavy (non-hydrogen) atoms. The van der Waals surface area contributed by atoms with E-state index in [0.29, 0.717) is 18.4 Å². The predicted octanol–water partition coefficient (Wildman–Crippen LogP) is 8.03. The number of nitrogens with zero attached hydrogens (tertiary/aromatic N) is 1. The average Bonchev–Trinajstić information content (AvgIpc) is 2.71. The van der Waals surface area contributed by atoms with Gasteiger partial charge in [0.05, 0.1) is 18.3 Å². The third-order valence-corrected chi connectivity index (χ3v) is 5.47. The van der Waals surface area contributed by atoms with E-state index >= 15 is 0 Å². The summed E-state index contributed by atoms with van der Waals surface area (Å²) in [6, 6.07) is 1.75. The molecule has 2 aliphatic rings. The van der Waals surface area contributed by atoms with E-state index < -0.39 is 0 Å². The van der Waals surface area contributed by atoms with Crippen molar-refractivity contribution in [3.63, 3.8) is 0 Å². The number of ether oxygens (including phenoxy) is 1. The number of hydrogen-bond donors (Lipinski definition) is 0. The van der Waals surface area contributed by atoms with E-state index in [1.54, 1.807) is 6.07 Å². The van der Waals surface area contributed by atoms with Crippen LogP contribution in [0.1, 0.15) is 74.1 Å². The fourth-order valence-corrected chi connectivity index (χ4v) is 4.14. The largest absolute Gasteiger partial charge is 0.372 e. The van der Waals surface area contributed by atoms with Gasteiger partial charge < -0.3 is 4.74 Å². The first-order valence-electron chi connectivity index (χ1n) is 11.3. The van der Waals surface area contributed by atoms with Gasteiger partial charge in [0.1, 0.15) is 0 Å². The van der Waals surface area contributed by atoms with E-state index in [4.69, 9.17) is 10.00 Å². The Morgan fingerprint density at radius 2 is 1.97 bits per heavy atom. The van der Waals surface area contributed by atoms with E-state index in [0.717, 1.165) is 0 Å². The lowest BCUT2D eigenvalue weighted by Gasteiger charge is -2.36. The van der Waals surface area contributed by atoms with Crippen molar-refractivity contribution in [1.82, 2.24) is 0 Å². The maximum Gasteiger partial charge on any atom is 0.0657 e. The van der Waals surface area contributed by atoms with Crippen LogP contribution in [0.15, 0.2) is 70.9 Å². The van der Waals surface area contributed by atoms with Crippen molar-refractivity contribution >= 4 is 0 Å². The van der Waals surface area contributed by atoms with Crippen molar-refractivity contribution in [3.8, 4) is 6.07 Å². The van der Waals surface area contributed by atoms with Crippen LogP contribution in [0.4, 0.5) is 0 Å². The molecular formula is C28H41NO. The summed E-state index contributed by atoms with van der Waals surface area (Å²) in [6.45, 7) is 15.0. The molecule has 0 aliphatic heterocycles. The number of allylic oxidation sites excluding steroid dienone is 11. The molecule has 2 heteroatoms. The Labute approximate surface area is 185 Å². The molecule has 0 saturated heterocycles. The minimum atomic E-state index is -0.0978. The fourth-order valence-electron chi connectivity index (χ4n) is 4.14. The summed E-state index contributed by atoms with van der Waals surface area (Å²) in [4.78, 5) is 0. The third-order valence-electron chi connectivity index (χ3n) is 5.47. The smallest absolute Gasteiger partial charge is 0.0657 e. The fraction of sp³-hybridized carbons (Fsp3) is 0.536. The van der Waals surface area contributed by atoms with Crippen molar-refractivity contribution in [3.05, 3.63) is 70.9 Å². The summed E-state index contributed by atoms with van der Waals surface area (Å²) in [5.74, 6) is 0.996. The van der Waals surface area contributed by atoms with Gasteiger partial charge >= 0.3 is 0 Å². The van der Waals surface area contributed by atoms with Crippen LogP contribution >= 0.6 is 0 Å². The van der Waals surface area contributed by atoms with Gasteiger partial charge in [-0.05, 0) is 89.9 Å². The lowest BCUT2D eigenvalue weighted by atomic mass is 9.68. The van der Waals surface area contributed by atoms with Crippen LogP contribution in [0.25, 0.3) is 0 Å². The second-order valence-electron chi connectivity index (χ2n) is 8.88. The molecule has 2 atom stereocenters. The molecule has 0 saturated carbocycles. The molecule has 0 aromatic heterocycles. The molecule has 164 valence electrons. The average molecular weight is 408 g/mol. The minimum Gasteiger partial charge on any atom is -0.372 e. The van der Waals surface area contributed by atoms with Gasteiger partial charge in [-0.3, -0.25) is 0 Å².